The highest BCUT2D eigenvalue weighted by atomic mass is 35.5. The van der Waals surface area contributed by atoms with Gasteiger partial charge in [-0.3, -0.25) is 4.57 Å². The quantitative estimate of drug-likeness (QED) is 0.588. The number of hydrogen-bond acceptors (Lipinski definition) is 1. The molecule has 0 fully saturated rings. The molecule has 0 saturated carbocycles. The fourth-order valence-corrected chi connectivity index (χ4v) is 2.61. The van der Waals surface area contributed by atoms with Gasteiger partial charge in [0.1, 0.15) is 5.82 Å². The molecule has 4 heteroatoms. The van der Waals surface area contributed by atoms with Crippen molar-refractivity contribution in [3.8, 4) is 5.69 Å². The molecule has 102 valence electrons. The molecule has 0 bridgehead atoms. The summed E-state index contributed by atoms with van der Waals surface area (Å²) >= 11 is 12.4. The Morgan fingerprint density at radius 1 is 1.10 bits per heavy atom. The third-order valence-corrected chi connectivity index (χ3v) is 3.72. The van der Waals surface area contributed by atoms with E-state index in [1.807, 2.05) is 25.1 Å². The largest absolute Gasteiger partial charge is 0.295 e. The molecule has 2 aromatic carbocycles. The fraction of sp³-hybridized carbons (Fsp3) is 0.188. The van der Waals surface area contributed by atoms with Crippen LogP contribution in [0.5, 0.6) is 0 Å². The lowest BCUT2D eigenvalue weighted by molar-refractivity contribution is 0.882. The minimum atomic E-state index is -0.178. The van der Waals surface area contributed by atoms with Crippen LogP contribution in [0, 0.1) is 6.92 Å². The molecule has 20 heavy (non-hydrogen) atoms. The zero-order valence-corrected chi connectivity index (χ0v) is 12.8. The smallest absolute Gasteiger partial charge is 0.132 e. The van der Waals surface area contributed by atoms with Crippen molar-refractivity contribution in [3.63, 3.8) is 0 Å². The van der Waals surface area contributed by atoms with Gasteiger partial charge < -0.3 is 0 Å². The average Bonchev–Trinajstić information content (AvgIpc) is 2.78. The van der Waals surface area contributed by atoms with Crippen LogP contribution in [0.4, 0.5) is 0 Å². The molecule has 0 aliphatic carbocycles. The minimum absolute atomic E-state index is 0.178. The average molecular weight is 305 g/mol. The number of rotatable bonds is 2. The molecule has 2 nitrogen and oxygen atoms in total. The normalized spacial score (nSPS) is 12.8. The monoisotopic (exact) mass is 304 g/mol. The molecule has 1 unspecified atom stereocenters. The standard InChI is InChI=1S/C16H14Cl2N2/c1-10-3-6-13(7-4-10)20-15-9-12(18)5-8-14(15)19-16(20)11(2)17/h3-9,11H,1-2H3. The molecule has 1 aromatic heterocycles. The lowest BCUT2D eigenvalue weighted by Gasteiger charge is -2.11. The second-order valence-corrected chi connectivity index (χ2v) is 5.98. The first kappa shape index (κ1) is 13.5. The SMILES string of the molecule is Cc1ccc(-n2c(C(C)Cl)nc3ccc(Cl)cc32)cc1. The lowest BCUT2D eigenvalue weighted by Crippen LogP contribution is -2.01. The summed E-state index contributed by atoms with van der Waals surface area (Å²) in [6.07, 6.45) is 0. The van der Waals surface area contributed by atoms with Crippen LogP contribution in [0.15, 0.2) is 42.5 Å². The summed E-state index contributed by atoms with van der Waals surface area (Å²) in [7, 11) is 0. The van der Waals surface area contributed by atoms with Crippen LogP contribution in [-0.4, -0.2) is 9.55 Å². The summed E-state index contributed by atoms with van der Waals surface area (Å²) in [6.45, 7) is 3.99. The van der Waals surface area contributed by atoms with Crippen LogP contribution in [0.1, 0.15) is 23.7 Å². The van der Waals surface area contributed by atoms with Gasteiger partial charge in [0.2, 0.25) is 0 Å². The fourth-order valence-electron chi connectivity index (χ4n) is 2.30. The molecule has 0 radical (unpaired) electrons. The highest BCUT2D eigenvalue weighted by molar-refractivity contribution is 6.31. The third kappa shape index (κ3) is 2.30. The maximum atomic E-state index is 6.28. The van der Waals surface area contributed by atoms with Gasteiger partial charge in [-0.25, -0.2) is 4.98 Å². The van der Waals surface area contributed by atoms with E-state index in [0.717, 1.165) is 22.5 Å². The Labute approximate surface area is 128 Å². The van der Waals surface area contributed by atoms with Crippen LogP contribution in [0.2, 0.25) is 5.02 Å². The summed E-state index contributed by atoms with van der Waals surface area (Å²) in [4.78, 5) is 4.62. The van der Waals surface area contributed by atoms with Gasteiger partial charge in [-0.05, 0) is 44.2 Å². The van der Waals surface area contributed by atoms with Gasteiger partial charge >= 0.3 is 0 Å². The predicted octanol–water partition coefficient (Wildman–Crippen LogP) is 5.29. The van der Waals surface area contributed by atoms with Crippen molar-refractivity contribution < 1.29 is 0 Å². The molecule has 0 amide bonds. The minimum Gasteiger partial charge on any atom is -0.295 e. The first-order valence-electron chi connectivity index (χ1n) is 6.45. The van der Waals surface area contributed by atoms with Gasteiger partial charge in [0, 0.05) is 10.7 Å². The Morgan fingerprint density at radius 3 is 2.45 bits per heavy atom. The molecule has 3 rings (SSSR count). The van der Waals surface area contributed by atoms with Gasteiger partial charge in [-0.1, -0.05) is 29.3 Å². The Balaban J connectivity index is 2.33. The first-order valence-corrected chi connectivity index (χ1v) is 7.27. The van der Waals surface area contributed by atoms with Crippen molar-refractivity contribution in [1.82, 2.24) is 9.55 Å². The number of imidazole rings is 1. The van der Waals surface area contributed by atoms with Crippen molar-refractivity contribution in [3.05, 3.63) is 58.9 Å². The van der Waals surface area contributed by atoms with E-state index in [1.54, 1.807) is 0 Å². The zero-order valence-electron chi connectivity index (χ0n) is 11.3. The number of fused-ring (bicyclic) bond motifs is 1. The van der Waals surface area contributed by atoms with E-state index in [-0.39, 0.29) is 5.38 Å². The zero-order chi connectivity index (χ0) is 14.3. The summed E-state index contributed by atoms with van der Waals surface area (Å²) in [6, 6.07) is 14.0. The predicted molar refractivity (Wildman–Crippen MR) is 85.1 cm³/mol. The molecule has 0 saturated heterocycles. The number of nitrogens with zero attached hydrogens (tertiary/aromatic N) is 2. The maximum Gasteiger partial charge on any atom is 0.132 e. The summed E-state index contributed by atoms with van der Waals surface area (Å²) in [5.74, 6) is 0.827. The topological polar surface area (TPSA) is 17.8 Å². The molecule has 0 aliphatic heterocycles. The Hall–Kier alpha value is -1.51. The summed E-state index contributed by atoms with van der Waals surface area (Å²) in [5.41, 5.74) is 4.14. The van der Waals surface area contributed by atoms with Crippen LogP contribution >= 0.6 is 23.2 Å². The van der Waals surface area contributed by atoms with Gasteiger partial charge in [0.05, 0.1) is 16.4 Å². The molecule has 0 spiro atoms. The first-order chi connectivity index (χ1) is 9.56. The van der Waals surface area contributed by atoms with Crippen molar-refractivity contribution >= 4 is 34.2 Å². The van der Waals surface area contributed by atoms with Crippen LogP contribution in [-0.2, 0) is 0 Å². The van der Waals surface area contributed by atoms with Crippen LogP contribution in [0.25, 0.3) is 16.7 Å². The van der Waals surface area contributed by atoms with Gasteiger partial charge in [-0.2, -0.15) is 0 Å². The second-order valence-electron chi connectivity index (χ2n) is 4.89. The summed E-state index contributed by atoms with van der Waals surface area (Å²) in [5, 5.41) is 0.516. The Bertz CT molecular complexity index is 758. The molecule has 1 atom stereocenters. The van der Waals surface area contributed by atoms with Crippen molar-refractivity contribution in [2.45, 2.75) is 19.2 Å². The molecule has 1 heterocycles. The van der Waals surface area contributed by atoms with Crippen LogP contribution < -0.4 is 0 Å². The van der Waals surface area contributed by atoms with Crippen LogP contribution in [0.3, 0.4) is 0 Å². The number of halogens is 2. The van der Waals surface area contributed by atoms with Crippen molar-refractivity contribution in [2.24, 2.45) is 0 Å². The van der Waals surface area contributed by atoms with Gasteiger partial charge in [-0.15, -0.1) is 11.6 Å². The third-order valence-electron chi connectivity index (χ3n) is 3.29. The van der Waals surface area contributed by atoms with E-state index < -0.39 is 0 Å². The van der Waals surface area contributed by atoms with Crippen molar-refractivity contribution in [2.75, 3.05) is 0 Å². The Kier molecular flexibility index (Phi) is 3.45. The molecular weight excluding hydrogens is 291 g/mol. The summed E-state index contributed by atoms with van der Waals surface area (Å²) < 4.78 is 2.07. The molecular formula is C16H14Cl2N2. The molecule has 0 aliphatic rings. The number of aromatic nitrogens is 2. The highest BCUT2D eigenvalue weighted by Gasteiger charge is 2.16. The van der Waals surface area contributed by atoms with E-state index in [1.165, 1.54) is 5.56 Å². The number of hydrogen-bond donors (Lipinski definition) is 0. The van der Waals surface area contributed by atoms with Gasteiger partial charge in [0.25, 0.3) is 0 Å². The van der Waals surface area contributed by atoms with E-state index in [2.05, 4.69) is 40.7 Å². The second kappa shape index (κ2) is 5.12. The maximum absolute atomic E-state index is 6.28. The van der Waals surface area contributed by atoms with Gasteiger partial charge in [0.15, 0.2) is 0 Å². The number of benzene rings is 2. The molecule has 0 N–H and O–H groups in total. The van der Waals surface area contributed by atoms with Crippen molar-refractivity contribution in [1.29, 1.82) is 0 Å². The van der Waals surface area contributed by atoms with E-state index in [4.69, 9.17) is 23.2 Å². The van der Waals surface area contributed by atoms with E-state index >= 15 is 0 Å². The van der Waals surface area contributed by atoms with E-state index in [0.29, 0.717) is 5.02 Å². The number of aryl methyl sites for hydroxylation is 1. The number of alkyl halides is 1. The lowest BCUT2D eigenvalue weighted by atomic mass is 10.2. The molecule has 3 aromatic rings. The Morgan fingerprint density at radius 2 is 1.80 bits per heavy atom. The highest BCUT2D eigenvalue weighted by Crippen LogP contribution is 2.29. The van der Waals surface area contributed by atoms with E-state index in [9.17, 15) is 0 Å².